The average molecular weight is 365 g/mol. The van der Waals surface area contributed by atoms with E-state index in [1.807, 2.05) is 67.8 Å². The molecule has 1 amide bonds. The fourth-order valence-corrected chi connectivity index (χ4v) is 3.35. The molecule has 0 aliphatic rings. The number of benzene rings is 2. The quantitative estimate of drug-likeness (QED) is 0.659. The molecule has 0 aliphatic heterocycles. The number of amides is 1. The van der Waals surface area contributed by atoms with Crippen LogP contribution in [-0.4, -0.2) is 18.5 Å². The van der Waals surface area contributed by atoms with Crippen molar-refractivity contribution in [2.45, 2.75) is 13.8 Å². The van der Waals surface area contributed by atoms with Gasteiger partial charge in [-0.05, 0) is 48.6 Å². The Morgan fingerprint density at radius 2 is 1.77 bits per heavy atom. The second kappa shape index (κ2) is 7.97. The number of carbonyl (C=O) groups excluding carboxylic acids is 2. The molecule has 5 heteroatoms. The molecule has 4 nitrogen and oxygen atoms in total. The lowest BCUT2D eigenvalue weighted by atomic mass is 10.1. The summed E-state index contributed by atoms with van der Waals surface area (Å²) < 4.78 is 5.20. The van der Waals surface area contributed by atoms with Gasteiger partial charge in [-0.15, -0.1) is 11.3 Å². The summed E-state index contributed by atoms with van der Waals surface area (Å²) in [6.07, 6.45) is 0. The molecule has 0 fully saturated rings. The number of esters is 1. The van der Waals surface area contributed by atoms with Gasteiger partial charge in [0.2, 0.25) is 0 Å². The van der Waals surface area contributed by atoms with Crippen molar-refractivity contribution in [2.24, 2.45) is 0 Å². The van der Waals surface area contributed by atoms with Crippen molar-refractivity contribution < 1.29 is 14.3 Å². The minimum absolute atomic E-state index is 0.321. The molecular formula is C21H19NO3S. The molecule has 0 bridgehead atoms. The molecule has 2 aromatic carbocycles. The Labute approximate surface area is 156 Å². The lowest BCUT2D eigenvalue weighted by molar-refractivity contribution is -0.119. The van der Waals surface area contributed by atoms with Crippen LogP contribution >= 0.6 is 11.3 Å². The minimum atomic E-state index is -0.491. The molecule has 3 rings (SSSR count). The van der Waals surface area contributed by atoms with Gasteiger partial charge in [0.05, 0.1) is 0 Å². The predicted octanol–water partition coefficient (Wildman–Crippen LogP) is 4.83. The normalized spacial score (nSPS) is 10.4. The first-order valence-electron chi connectivity index (χ1n) is 8.21. The van der Waals surface area contributed by atoms with Crippen LogP contribution in [0.4, 0.5) is 5.69 Å². The zero-order valence-corrected chi connectivity index (χ0v) is 15.4. The highest BCUT2D eigenvalue weighted by atomic mass is 32.1. The largest absolute Gasteiger partial charge is 0.451 e. The Morgan fingerprint density at radius 3 is 2.50 bits per heavy atom. The van der Waals surface area contributed by atoms with E-state index in [0.29, 0.717) is 10.6 Å². The second-order valence-electron chi connectivity index (χ2n) is 6.02. The summed E-state index contributed by atoms with van der Waals surface area (Å²) in [7, 11) is 0. The Morgan fingerprint density at radius 1 is 1.00 bits per heavy atom. The first-order valence-corrected chi connectivity index (χ1v) is 9.09. The number of rotatable bonds is 5. The van der Waals surface area contributed by atoms with Crippen molar-refractivity contribution in [1.29, 1.82) is 0 Å². The summed E-state index contributed by atoms with van der Waals surface area (Å²) in [6, 6.07) is 17.3. The molecule has 26 heavy (non-hydrogen) atoms. The summed E-state index contributed by atoms with van der Waals surface area (Å²) >= 11 is 1.31. The maximum atomic E-state index is 12.4. The van der Waals surface area contributed by atoms with E-state index >= 15 is 0 Å². The molecule has 0 radical (unpaired) electrons. The van der Waals surface area contributed by atoms with E-state index in [-0.39, 0.29) is 12.5 Å². The van der Waals surface area contributed by atoms with Crippen LogP contribution in [0.15, 0.2) is 60.0 Å². The SMILES string of the molecule is Cc1ccc(-c2ccsc2C(=O)OCC(=O)Nc2cccc(C)c2)cc1. The van der Waals surface area contributed by atoms with E-state index in [1.54, 1.807) is 6.07 Å². The number of anilines is 1. The molecule has 0 unspecified atom stereocenters. The van der Waals surface area contributed by atoms with Crippen molar-refractivity contribution in [3.05, 3.63) is 76.0 Å². The number of aryl methyl sites for hydroxylation is 2. The maximum Gasteiger partial charge on any atom is 0.349 e. The molecule has 1 heterocycles. The Kier molecular flexibility index (Phi) is 5.49. The zero-order valence-electron chi connectivity index (χ0n) is 14.6. The van der Waals surface area contributed by atoms with Crippen LogP contribution in [0.2, 0.25) is 0 Å². The first kappa shape index (κ1) is 17.9. The third-order valence-corrected chi connectivity index (χ3v) is 4.74. The molecule has 1 aromatic heterocycles. The van der Waals surface area contributed by atoms with Crippen LogP contribution in [0.3, 0.4) is 0 Å². The van der Waals surface area contributed by atoms with Crippen molar-refractivity contribution >= 4 is 28.9 Å². The maximum absolute atomic E-state index is 12.4. The summed E-state index contributed by atoms with van der Waals surface area (Å²) in [5, 5.41) is 4.57. The highest BCUT2D eigenvalue weighted by Gasteiger charge is 2.17. The van der Waals surface area contributed by atoms with Gasteiger partial charge in [-0.1, -0.05) is 42.0 Å². The van der Waals surface area contributed by atoms with Crippen LogP contribution in [0.25, 0.3) is 11.1 Å². The van der Waals surface area contributed by atoms with E-state index in [0.717, 1.165) is 22.3 Å². The summed E-state index contributed by atoms with van der Waals surface area (Å²) in [5.74, 6) is -0.854. The lowest BCUT2D eigenvalue weighted by Gasteiger charge is -2.08. The topological polar surface area (TPSA) is 55.4 Å². The van der Waals surface area contributed by atoms with E-state index in [9.17, 15) is 9.59 Å². The molecule has 0 saturated heterocycles. The number of hydrogen-bond donors (Lipinski definition) is 1. The molecular weight excluding hydrogens is 346 g/mol. The monoisotopic (exact) mass is 365 g/mol. The van der Waals surface area contributed by atoms with Gasteiger partial charge in [0, 0.05) is 11.3 Å². The Hall–Kier alpha value is -2.92. The summed E-state index contributed by atoms with van der Waals surface area (Å²) in [5.41, 5.74) is 4.65. The smallest absolute Gasteiger partial charge is 0.349 e. The van der Waals surface area contributed by atoms with E-state index < -0.39 is 5.97 Å². The third kappa shape index (κ3) is 4.37. The van der Waals surface area contributed by atoms with Gasteiger partial charge in [-0.2, -0.15) is 0 Å². The first-order chi connectivity index (χ1) is 12.5. The van der Waals surface area contributed by atoms with Crippen LogP contribution in [0.1, 0.15) is 20.8 Å². The van der Waals surface area contributed by atoms with Crippen molar-refractivity contribution in [3.8, 4) is 11.1 Å². The fourth-order valence-electron chi connectivity index (χ4n) is 2.54. The van der Waals surface area contributed by atoms with E-state index in [2.05, 4.69) is 5.32 Å². The van der Waals surface area contributed by atoms with Crippen LogP contribution in [-0.2, 0) is 9.53 Å². The highest BCUT2D eigenvalue weighted by Crippen LogP contribution is 2.29. The van der Waals surface area contributed by atoms with Crippen LogP contribution in [0.5, 0.6) is 0 Å². The van der Waals surface area contributed by atoms with Gasteiger partial charge in [0.15, 0.2) is 6.61 Å². The Balaban J connectivity index is 1.63. The standard InChI is InChI=1S/C21H19NO3S/c1-14-6-8-16(9-7-14)18-10-11-26-20(18)21(24)25-13-19(23)22-17-5-3-4-15(2)12-17/h3-12H,13H2,1-2H3,(H,22,23). The van der Waals surface area contributed by atoms with Gasteiger partial charge < -0.3 is 10.1 Å². The van der Waals surface area contributed by atoms with Crippen molar-refractivity contribution in [2.75, 3.05) is 11.9 Å². The fraction of sp³-hybridized carbons (Fsp3) is 0.143. The number of hydrogen-bond acceptors (Lipinski definition) is 4. The second-order valence-corrected chi connectivity index (χ2v) is 6.94. The summed E-state index contributed by atoms with van der Waals surface area (Å²) in [4.78, 5) is 24.9. The molecule has 1 N–H and O–H groups in total. The molecule has 0 saturated carbocycles. The number of ether oxygens (including phenoxy) is 1. The average Bonchev–Trinajstić information content (AvgIpc) is 3.10. The molecule has 0 atom stereocenters. The van der Waals surface area contributed by atoms with Gasteiger partial charge in [0.1, 0.15) is 4.88 Å². The van der Waals surface area contributed by atoms with Gasteiger partial charge >= 0.3 is 5.97 Å². The van der Waals surface area contributed by atoms with Gasteiger partial charge in [-0.25, -0.2) is 4.79 Å². The molecule has 0 spiro atoms. The zero-order chi connectivity index (χ0) is 18.5. The molecule has 0 aliphatic carbocycles. The molecule has 132 valence electrons. The third-order valence-electron chi connectivity index (χ3n) is 3.85. The highest BCUT2D eigenvalue weighted by molar-refractivity contribution is 7.12. The van der Waals surface area contributed by atoms with Gasteiger partial charge in [0.25, 0.3) is 5.91 Å². The number of nitrogens with one attached hydrogen (secondary N) is 1. The minimum Gasteiger partial charge on any atom is -0.451 e. The van der Waals surface area contributed by atoms with Crippen molar-refractivity contribution in [3.63, 3.8) is 0 Å². The number of thiophene rings is 1. The molecule has 3 aromatic rings. The van der Waals surface area contributed by atoms with Crippen LogP contribution < -0.4 is 5.32 Å². The Bertz CT molecular complexity index is 928. The predicted molar refractivity (Wildman–Crippen MR) is 105 cm³/mol. The van der Waals surface area contributed by atoms with E-state index in [1.165, 1.54) is 11.3 Å². The van der Waals surface area contributed by atoms with E-state index in [4.69, 9.17) is 4.74 Å². The number of carbonyl (C=O) groups is 2. The lowest BCUT2D eigenvalue weighted by Crippen LogP contribution is -2.20. The van der Waals surface area contributed by atoms with Crippen molar-refractivity contribution in [1.82, 2.24) is 0 Å². The van der Waals surface area contributed by atoms with Crippen LogP contribution in [0, 0.1) is 13.8 Å². The summed E-state index contributed by atoms with van der Waals surface area (Å²) in [6.45, 7) is 3.64. The van der Waals surface area contributed by atoms with Gasteiger partial charge in [-0.3, -0.25) is 4.79 Å².